The number of alkyl carbamates (subject to hydrolysis) is 1. The topological polar surface area (TPSA) is 84.9 Å². The Labute approximate surface area is 124 Å². The van der Waals surface area contributed by atoms with E-state index in [0.29, 0.717) is 5.75 Å². The van der Waals surface area contributed by atoms with E-state index in [4.69, 9.17) is 14.6 Å². The van der Waals surface area contributed by atoms with Gasteiger partial charge in [-0.2, -0.15) is 0 Å². The number of hydrogen-bond donors (Lipinski definition) is 2. The Morgan fingerprint density at radius 1 is 1.33 bits per heavy atom. The molecule has 6 nitrogen and oxygen atoms in total. The minimum Gasteiger partial charge on any atom is -0.491 e. The number of rotatable bonds is 5. The average Bonchev–Trinajstić information content (AvgIpc) is 2.34. The second-order valence-corrected chi connectivity index (χ2v) is 5.69. The van der Waals surface area contributed by atoms with E-state index in [-0.39, 0.29) is 18.2 Å². The molecule has 0 aromatic heterocycles. The molecule has 1 aromatic rings. The van der Waals surface area contributed by atoms with E-state index in [9.17, 15) is 9.59 Å². The van der Waals surface area contributed by atoms with Crippen LogP contribution in [-0.2, 0) is 4.74 Å². The van der Waals surface area contributed by atoms with E-state index in [1.165, 1.54) is 12.1 Å². The smallest absolute Gasteiger partial charge is 0.407 e. The first-order valence-corrected chi connectivity index (χ1v) is 6.63. The van der Waals surface area contributed by atoms with Crippen LogP contribution in [0, 0.1) is 0 Å². The molecular formula is C15H21NO5. The largest absolute Gasteiger partial charge is 0.491 e. The molecule has 0 fully saturated rings. The Morgan fingerprint density at radius 3 is 2.57 bits per heavy atom. The van der Waals surface area contributed by atoms with Crippen LogP contribution in [0.3, 0.4) is 0 Å². The summed E-state index contributed by atoms with van der Waals surface area (Å²) in [5.74, 6) is -0.576. The summed E-state index contributed by atoms with van der Waals surface area (Å²) in [6, 6.07) is 5.91. The fourth-order valence-corrected chi connectivity index (χ4v) is 1.49. The SMILES string of the molecule is CC(COc1cccc(C(=O)O)c1)NC(=O)OC(C)(C)C. The van der Waals surface area contributed by atoms with Gasteiger partial charge < -0.3 is 19.9 Å². The molecule has 21 heavy (non-hydrogen) atoms. The summed E-state index contributed by atoms with van der Waals surface area (Å²) >= 11 is 0. The van der Waals surface area contributed by atoms with Crippen LogP contribution in [0.25, 0.3) is 0 Å². The van der Waals surface area contributed by atoms with Crippen molar-refractivity contribution in [1.82, 2.24) is 5.32 Å². The molecule has 1 atom stereocenters. The van der Waals surface area contributed by atoms with Crippen molar-refractivity contribution in [3.63, 3.8) is 0 Å². The molecule has 0 radical (unpaired) electrons. The zero-order chi connectivity index (χ0) is 16.0. The fraction of sp³-hybridized carbons (Fsp3) is 0.467. The molecule has 1 rings (SSSR count). The maximum absolute atomic E-state index is 11.6. The van der Waals surface area contributed by atoms with Gasteiger partial charge in [-0.05, 0) is 45.9 Å². The Morgan fingerprint density at radius 2 is 2.00 bits per heavy atom. The molecule has 6 heteroatoms. The number of carbonyl (C=O) groups is 2. The molecule has 1 amide bonds. The van der Waals surface area contributed by atoms with E-state index in [1.54, 1.807) is 39.8 Å². The van der Waals surface area contributed by atoms with Crippen LogP contribution < -0.4 is 10.1 Å². The van der Waals surface area contributed by atoms with Gasteiger partial charge in [0.15, 0.2) is 0 Å². The van der Waals surface area contributed by atoms with Crippen LogP contribution in [0.2, 0.25) is 0 Å². The molecule has 1 unspecified atom stereocenters. The first-order valence-electron chi connectivity index (χ1n) is 6.63. The van der Waals surface area contributed by atoms with Gasteiger partial charge in [-0.25, -0.2) is 9.59 Å². The van der Waals surface area contributed by atoms with Crippen LogP contribution in [0.5, 0.6) is 5.75 Å². The molecule has 0 aliphatic heterocycles. The molecule has 2 N–H and O–H groups in total. The number of carbonyl (C=O) groups excluding carboxylic acids is 1. The lowest BCUT2D eigenvalue weighted by atomic mass is 10.2. The van der Waals surface area contributed by atoms with Gasteiger partial charge in [0.05, 0.1) is 11.6 Å². The average molecular weight is 295 g/mol. The van der Waals surface area contributed by atoms with Crippen molar-refractivity contribution in [1.29, 1.82) is 0 Å². The molecular weight excluding hydrogens is 274 g/mol. The third kappa shape index (κ3) is 6.65. The van der Waals surface area contributed by atoms with Crippen molar-refractivity contribution in [2.24, 2.45) is 0 Å². The molecule has 0 heterocycles. The van der Waals surface area contributed by atoms with E-state index < -0.39 is 17.7 Å². The summed E-state index contributed by atoms with van der Waals surface area (Å²) in [5.41, 5.74) is -0.402. The van der Waals surface area contributed by atoms with Gasteiger partial charge in [-0.15, -0.1) is 0 Å². The van der Waals surface area contributed by atoms with Gasteiger partial charge in [0.25, 0.3) is 0 Å². The van der Waals surface area contributed by atoms with Gasteiger partial charge in [-0.1, -0.05) is 6.07 Å². The molecule has 0 saturated carbocycles. The van der Waals surface area contributed by atoms with Gasteiger partial charge in [-0.3, -0.25) is 0 Å². The highest BCUT2D eigenvalue weighted by atomic mass is 16.6. The van der Waals surface area contributed by atoms with Crippen LogP contribution >= 0.6 is 0 Å². The summed E-state index contributed by atoms with van der Waals surface area (Å²) < 4.78 is 10.6. The Bertz CT molecular complexity index is 507. The van der Waals surface area contributed by atoms with Gasteiger partial charge >= 0.3 is 12.1 Å². The van der Waals surface area contributed by atoms with Crippen LogP contribution in [0.15, 0.2) is 24.3 Å². The van der Waals surface area contributed by atoms with Crippen molar-refractivity contribution in [3.05, 3.63) is 29.8 Å². The summed E-state index contributed by atoms with van der Waals surface area (Å²) in [6.07, 6.45) is -0.516. The highest BCUT2D eigenvalue weighted by Crippen LogP contribution is 2.13. The zero-order valence-electron chi connectivity index (χ0n) is 12.7. The molecule has 0 saturated heterocycles. The van der Waals surface area contributed by atoms with Crippen molar-refractivity contribution in [2.75, 3.05) is 6.61 Å². The standard InChI is InChI=1S/C15H21NO5/c1-10(16-14(19)21-15(2,3)4)9-20-12-7-5-6-11(8-12)13(17)18/h5-8,10H,9H2,1-4H3,(H,16,19)(H,17,18). The normalized spacial score (nSPS) is 12.4. The highest BCUT2D eigenvalue weighted by Gasteiger charge is 2.17. The van der Waals surface area contributed by atoms with Gasteiger partial charge in [0.2, 0.25) is 0 Å². The third-order valence-electron chi connectivity index (χ3n) is 2.34. The predicted octanol–water partition coefficient (Wildman–Crippen LogP) is 2.68. The van der Waals surface area contributed by atoms with Gasteiger partial charge in [0, 0.05) is 0 Å². The summed E-state index contributed by atoms with van der Waals surface area (Å²) in [7, 11) is 0. The van der Waals surface area contributed by atoms with Crippen LogP contribution in [-0.4, -0.2) is 35.4 Å². The molecule has 0 aliphatic rings. The Balaban J connectivity index is 2.46. The first kappa shape index (κ1) is 16.8. The van der Waals surface area contributed by atoms with E-state index in [2.05, 4.69) is 5.32 Å². The van der Waals surface area contributed by atoms with Crippen molar-refractivity contribution in [2.45, 2.75) is 39.3 Å². The molecule has 0 bridgehead atoms. The maximum Gasteiger partial charge on any atom is 0.407 e. The van der Waals surface area contributed by atoms with Crippen LogP contribution in [0.4, 0.5) is 4.79 Å². The minimum absolute atomic E-state index is 0.153. The lowest BCUT2D eigenvalue weighted by Crippen LogP contribution is -2.40. The lowest BCUT2D eigenvalue weighted by Gasteiger charge is -2.22. The van der Waals surface area contributed by atoms with Crippen molar-refractivity contribution in [3.8, 4) is 5.75 Å². The summed E-state index contributed by atoms with van der Waals surface area (Å²) in [6.45, 7) is 7.33. The van der Waals surface area contributed by atoms with E-state index in [1.807, 2.05) is 0 Å². The number of aromatic carboxylic acids is 1. The minimum atomic E-state index is -1.01. The van der Waals surface area contributed by atoms with Gasteiger partial charge in [0.1, 0.15) is 18.0 Å². The zero-order valence-corrected chi connectivity index (χ0v) is 12.7. The summed E-state index contributed by atoms with van der Waals surface area (Å²) in [5, 5.41) is 11.5. The Hall–Kier alpha value is -2.24. The Kier molecular flexibility index (Phi) is 5.58. The number of ether oxygens (including phenoxy) is 2. The fourth-order valence-electron chi connectivity index (χ4n) is 1.49. The molecule has 0 spiro atoms. The molecule has 1 aromatic carbocycles. The quantitative estimate of drug-likeness (QED) is 0.872. The predicted molar refractivity (Wildman–Crippen MR) is 77.7 cm³/mol. The molecule has 0 aliphatic carbocycles. The van der Waals surface area contributed by atoms with Crippen LogP contribution in [0.1, 0.15) is 38.1 Å². The number of nitrogens with one attached hydrogen (secondary N) is 1. The number of benzene rings is 1. The molecule has 116 valence electrons. The third-order valence-corrected chi connectivity index (χ3v) is 2.34. The van der Waals surface area contributed by atoms with Crippen molar-refractivity contribution < 1.29 is 24.2 Å². The lowest BCUT2D eigenvalue weighted by molar-refractivity contribution is 0.0493. The summed E-state index contributed by atoms with van der Waals surface area (Å²) in [4.78, 5) is 22.4. The number of carboxylic acids is 1. The number of amides is 1. The number of hydrogen-bond acceptors (Lipinski definition) is 4. The number of carboxylic acid groups (broad SMARTS) is 1. The monoisotopic (exact) mass is 295 g/mol. The second kappa shape index (κ2) is 6.97. The first-order chi connectivity index (χ1) is 9.67. The second-order valence-electron chi connectivity index (χ2n) is 5.69. The van der Waals surface area contributed by atoms with E-state index >= 15 is 0 Å². The van der Waals surface area contributed by atoms with Crippen molar-refractivity contribution >= 4 is 12.1 Å². The van der Waals surface area contributed by atoms with E-state index in [0.717, 1.165) is 0 Å². The highest BCUT2D eigenvalue weighted by molar-refractivity contribution is 5.88. The maximum atomic E-state index is 11.6.